The van der Waals surface area contributed by atoms with Gasteiger partial charge in [-0.05, 0) is 32.0 Å². The average molecular weight is 296 g/mol. The molecular formula is C10H11Cl2NO3S. The minimum atomic E-state index is -3.90. The SMILES string of the molecule is CC(C)NC(=O)c1cc(Cl)cc(S(=O)(=O)Cl)c1. The van der Waals surface area contributed by atoms with Crippen LogP contribution < -0.4 is 5.32 Å². The first-order chi connectivity index (χ1) is 7.70. The smallest absolute Gasteiger partial charge is 0.261 e. The van der Waals surface area contributed by atoms with E-state index in [9.17, 15) is 13.2 Å². The van der Waals surface area contributed by atoms with Gasteiger partial charge in [0.15, 0.2) is 0 Å². The Hall–Kier alpha value is -0.780. The molecule has 0 heterocycles. The summed E-state index contributed by atoms with van der Waals surface area (Å²) in [5.74, 6) is -0.399. The van der Waals surface area contributed by atoms with Gasteiger partial charge in [0.05, 0.1) is 4.90 Å². The highest BCUT2D eigenvalue weighted by Crippen LogP contribution is 2.22. The number of rotatable bonds is 3. The molecule has 0 aromatic heterocycles. The summed E-state index contributed by atoms with van der Waals surface area (Å²) in [5.41, 5.74) is 0.158. The molecule has 1 aromatic rings. The molecule has 1 rings (SSSR count). The Kier molecular flexibility index (Phi) is 4.41. The largest absolute Gasteiger partial charge is 0.350 e. The lowest BCUT2D eigenvalue weighted by Crippen LogP contribution is -2.30. The van der Waals surface area contributed by atoms with Crippen molar-refractivity contribution in [3.8, 4) is 0 Å². The fourth-order valence-electron chi connectivity index (χ4n) is 1.18. The number of carbonyl (C=O) groups is 1. The van der Waals surface area contributed by atoms with Crippen molar-refractivity contribution in [2.75, 3.05) is 0 Å². The van der Waals surface area contributed by atoms with Gasteiger partial charge in [0.1, 0.15) is 0 Å². The van der Waals surface area contributed by atoms with E-state index in [0.29, 0.717) is 0 Å². The second-order valence-electron chi connectivity index (χ2n) is 3.74. The van der Waals surface area contributed by atoms with E-state index in [1.54, 1.807) is 13.8 Å². The summed E-state index contributed by atoms with van der Waals surface area (Å²) in [6.45, 7) is 3.59. The zero-order chi connectivity index (χ0) is 13.2. The van der Waals surface area contributed by atoms with Crippen molar-refractivity contribution < 1.29 is 13.2 Å². The molecule has 0 radical (unpaired) electrons. The van der Waals surface area contributed by atoms with Gasteiger partial charge in [0, 0.05) is 27.3 Å². The molecule has 1 aromatic carbocycles. The second kappa shape index (κ2) is 5.25. The van der Waals surface area contributed by atoms with Crippen LogP contribution in [0.25, 0.3) is 0 Å². The van der Waals surface area contributed by atoms with Crippen molar-refractivity contribution >= 4 is 37.2 Å². The molecule has 0 atom stereocenters. The van der Waals surface area contributed by atoms with E-state index < -0.39 is 15.0 Å². The lowest BCUT2D eigenvalue weighted by Gasteiger charge is -2.09. The van der Waals surface area contributed by atoms with Crippen molar-refractivity contribution in [1.82, 2.24) is 5.32 Å². The number of hydrogen-bond donors (Lipinski definition) is 1. The summed E-state index contributed by atoms with van der Waals surface area (Å²) in [7, 11) is 1.29. The van der Waals surface area contributed by atoms with E-state index in [2.05, 4.69) is 5.32 Å². The maximum Gasteiger partial charge on any atom is 0.261 e. The summed E-state index contributed by atoms with van der Waals surface area (Å²) in [6, 6.07) is 3.70. The molecule has 0 aliphatic carbocycles. The summed E-state index contributed by atoms with van der Waals surface area (Å²) in [6.07, 6.45) is 0. The maximum atomic E-state index is 11.7. The van der Waals surface area contributed by atoms with Crippen molar-refractivity contribution in [3.05, 3.63) is 28.8 Å². The molecule has 0 saturated heterocycles. The van der Waals surface area contributed by atoms with Gasteiger partial charge in [0.25, 0.3) is 15.0 Å². The van der Waals surface area contributed by atoms with Crippen molar-refractivity contribution in [1.29, 1.82) is 0 Å². The zero-order valence-corrected chi connectivity index (χ0v) is 11.5. The Morgan fingerprint density at radius 3 is 2.35 bits per heavy atom. The van der Waals surface area contributed by atoms with Crippen LogP contribution >= 0.6 is 22.3 Å². The molecule has 0 saturated carbocycles. The predicted octanol–water partition coefficient (Wildman–Crippen LogP) is 2.41. The van der Waals surface area contributed by atoms with Crippen LogP contribution in [0.5, 0.6) is 0 Å². The molecule has 0 aliphatic heterocycles. The van der Waals surface area contributed by atoms with Gasteiger partial charge in [-0.25, -0.2) is 8.42 Å². The molecule has 94 valence electrons. The molecule has 1 N–H and O–H groups in total. The number of halogens is 2. The van der Waals surface area contributed by atoms with Gasteiger partial charge < -0.3 is 5.32 Å². The third-order valence-electron chi connectivity index (χ3n) is 1.83. The van der Waals surface area contributed by atoms with Crippen LogP contribution in [0.15, 0.2) is 23.1 Å². The summed E-state index contributed by atoms with van der Waals surface area (Å²) in [4.78, 5) is 11.5. The molecule has 1 amide bonds. The van der Waals surface area contributed by atoms with E-state index in [4.69, 9.17) is 22.3 Å². The lowest BCUT2D eigenvalue weighted by atomic mass is 10.2. The van der Waals surface area contributed by atoms with Crippen molar-refractivity contribution in [3.63, 3.8) is 0 Å². The number of benzene rings is 1. The number of amides is 1. The summed E-state index contributed by atoms with van der Waals surface area (Å²) in [5, 5.41) is 2.77. The standard InChI is InChI=1S/C10H11Cl2NO3S/c1-6(2)13-10(14)7-3-8(11)5-9(4-7)17(12,15)16/h3-6H,1-2H3,(H,13,14). The molecule has 17 heavy (non-hydrogen) atoms. The average Bonchev–Trinajstić information content (AvgIpc) is 2.14. The third-order valence-corrected chi connectivity index (χ3v) is 3.39. The monoisotopic (exact) mass is 295 g/mol. The topological polar surface area (TPSA) is 63.2 Å². The fraction of sp³-hybridized carbons (Fsp3) is 0.300. The molecule has 0 spiro atoms. The fourth-order valence-corrected chi connectivity index (χ4v) is 2.28. The first kappa shape index (κ1) is 14.3. The van der Waals surface area contributed by atoms with E-state index in [1.807, 2.05) is 0 Å². The summed E-state index contributed by atoms with van der Waals surface area (Å²) >= 11 is 5.73. The van der Waals surface area contributed by atoms with Gasteiger partial charge in [-0.2, -0.15) is 0 Å². The van der Waals surface area contributed by atoms with Crippen LogP contribution in [0.3, 0.4) is 0 Å². The Labute approximate surface area is 109 Å². The molecule has 0 fully saturated rings. The molecule has 4 nitrogen and oxygen atoms in total. The number of carbonyl (C=O) groups excluding carboxylic acids is 1. The van der Waals surface area contributed by atoms with Gasteiger partial charge >= 0.3 is 0 Å². The highest BCUT2D eigenvalue weighted by Gasteiger charge is 2.15. The van der Waals surface area contributed by atoms with Gasteiger partial charge in [-0.15, -0.1) is 0 Å². The van der Waals surface area contributed by atoms with Crippen LogP contribution in [0.1, 0.15) is 24.2 Å². The zero-order valence-electron chi connectivity index (χ0n) is 9.20. The Morgan fingerprint density at radius 1 is 1.29 bits per heavy atom. The van der Waals surface area contributed by atoms with E-state index >= 15 is 0 Å². The molecule has 0 aliphatic rings. The molecular weight excluding hydrogens is 285 g/mol. The van der Waals surface area contributed by atoms with Crippen molar-refractivity contribution in [2.45, 2.75) is 24.8 Å². The van der Waals surface area contributed by atoms with Crippen LogP contribution in [-0.2, 0) is 9.05 Å². The minimum absolute atomic E-state index is 0.0578. The quantitative estimate of drug-likeness (QED) is 0.871. The van der Waals surface area contributed by atoms with E-state index in [-0.39, 0.29) is 21.5 Å². The van der Waals surface area contributed by atoms with Gasteiger partial charge in [0.2, 0.25) is 0 Å². The number of hydrogen-bond acceptors (Lipinski definition) is 3. The maximum absolute atomic E-state index is 11.7. The van der Waals surface area contributed by atoms with E-state index in [0.717, 1.165) is 0 Å². The van der Waals surface area contributed by atoms with Crippen LogP contribution in [0.4, 0.5) is 0 Å². The highest BCUT2D eigenvalue weighted by atomic mass is 35.7. The third kappa shape index (κ3) is 4.18. The summed E-state index contributed by atoms with van der Waals surface area (Å²) < 4.78 is 22.3. The van der Waals surface area contributed by atoms with E-state index in [1.165, 1.54) is 18.2 Å². The van der Waals surface area contributed by atoms with Crippen LogP contribution in [0, 0.1) is 0 Å². The van der Waals surface area contributed by atoms with Crippen LogP contribution in [0.2, 0.25) is 5.02 Å². The van der Waals surface area contributed by atoms with Crippen molar-refractivity contribution in [2.24, 2.45) is 0 Å². The Bertz CT molecular complexity index is 540. The molecule has 7 heteroatoms. The van der Waals surface area contributed by atoms with Gasteiger partial charge in [-0.1, -0.05) is 11.6 Å². The molecule has 0 unspecified atom stereocenters. The first-order valence-electron chi connectivity index (χ1n) is 4.76. The highest BCUT2D eigenvalue weighted by molar-refractivity contribution is 8.13. The Morgan fingerprint density at radius 2 is 1.88 bits per heavy atom. The lowest BCUT2D eigenvalue weighted by molar-refractivity contribution is 0.0943. The normalized spacial score (nSPS) is 11.6. The van der Waals surface area contributed by atoms with Gasteiger partial charge in [-0.3, -0.25) is 4.79 Å². The first-order valence-corrected chi connectivity index (χ1v) is 7.45. The van der Waals surface area contributed by atoms with Crippen LogP contribution in [-0.4, -0.2) is 20.4 Å². The Balaban J connectivity index is 3.19. The second-order valence-corrected chi connectivity index (χ2v) is 6.74. The predicted molar refractivity (Wildman–Crippen MR) is 67.1 cm³/mol. The minimum Gasteiger partial charge on any atom is -0.350 e. The molecule has 0 bridgehead atoms. The number of nitrogens with one attached hydrogen (secondary N) is 1.